The third-order valence-electron chi connectivity index (χ3n) is 3.39. The Bertz CT molecular complexity index is 411. The highest BCUT2D eigenvalue weighted by Crippen LogP contribution is 2.34. The third kappa shape index (κ3) is 4.66. The van der Waals surface area contributed by atoms with Crippen molar-refractivity contribution in [2.45, 2.75) is 32.6 Å². The lowest BCUT2D eigenvalue weighted by Gasteiger charge is -2.24. The monoisotopic (exact) mass is 347 g/mol. The molecule has 2 rings (SSSR count). The number of ether oxygens (including phenoxy) is 1. The van der Waals surface area contributed by atoms with Gasteiger partial charge in [-0.05, 0) is 36.6 Å². The summed E-state index contributed by atoms with van der Waals surface area (Å²) < 4.78 is 7.15. The molecule has 1 N–H and O–H groups in total. The summed E-state index contributed by atoms with van der Waals surface area (Å²) in [7, 11) is 0. The molecule has 0 spiro atoms. The number of hydrogen-bond donors (Lipinski definition) is 1. The van der Waals surface area contributed by atoms with Crippen molar-refractivity contribution in [3.8, 4) is 5.75 Å². The summed E-state index contributed by atoms with van der Waals surface area (Å²) in [5, 5.41) is 3.38. The number of nitrogens with one attached hydrogen (secondary N) is 1. The van der Waals surface area contributed by atoms with E-state index >= 15 is 0 Å². The van der Waals surface area contributed by atoms with Crippen molar-refractivity contribution in [3.63, 3.8) is 0 Å². The zero-order chi connectivity index (χ0) is 13.2. The molecule has 0 aliphatic carbocycles. The molecule has 0 bridgehead atoms. The van der Waals surface area contributed by atoms with Crippen LogP contribution >= 0.6 is 28.3 Å². The standard InChI is InChI=1S/C15H22BrNO.ClH/c1-15(2,3)13-8-12(16)4-5-14(13)18-10-11-6-7-17-9-11;/h4-5,8,11,17H,6-7,9-10H2,1-3H3;1H. The molecule has 4 heteroatoms. The van der Waals surface area contributed by atoms with Gasteiger partial charge in [0.2, 0.25) is 0 Å². The van der Waals surface area contributed by atoms with Crippen LogP contribution in [0.3, 0.4) is 0 Å². The van der Waals surface area contributed by atoms with Crippen molar-refractivity contribution < 1.29 is 4.74 Å². The van der Waals surface area contributed by atoms with E-state index in [1.54, 1.807) is 0 Å². The molecule has 0 amide bonds. The fourth-order valence-electron chi connectivity index (χ4n) is 2.28. The van der Waals surface area contributed by atoms with Gasteiger partial charge in [-0.25, -0.2) is 0 Å². The first-order valence-electron chi connectivity index (χ1n) is 6.60. The second-order valence-electron chi connectivity index (χ2n) is 6.06. The first-order valence-corrected chi connectivity index (χ1v) is 7.39. The van der Waals surface area contributed by atoms with Crippen LogP contribution in [0.25, 0.3) is 0 Å². The van der Waals surface area contributed by atoms with Crippen LogP contribution in [0, 0.1) is 5.92 Å². The highest BCUT2D eigenvalue weighted by molar-refractivity contribution is 9.10. The smallest absolute Gasteiger partial charge is 0.123 e. The second-order valence-corrected chi connectivity index (χ2v) is 6.98. The zero-order valence-corrected chi connectivity index (χ0v) is 14.2. The van der Waals surface area contributed by atoms with Crippen molar-refractivity contribution in [1.29, 1.82) is 0 Å². The third-order valence-corrected chi connectivity index (χ3v) is 3.88. The van der Waals surface area contributed by atoms with Gasteiger partial charge in [0, 0.05) is 22.5 Å². The maximum Gasteiger partial charge on any atom is 0.123 e. The fraction of sp³-hybridized carbons (Fsp3) is 0.600. The van der Waals surface area contributed by atoms with E-state index in [9.17, 15) is 0 Å². The Labute approximate surface area is 130 Å². The predicted octanol–water partition coefficient (Wildman–Crippen LogP) is 4.16. The molecule has 1 fully saturated rings. The summed E-state index contributed by atoms with van der Waals surface area (Å²) in [4.78, 5) is 0. The van der Waals surface area contributed by atoms with Crippen LogP contribution in [-0.4, -0.2) is 19.7 Å². The molecule has 1 heterocycles. The molecule has 1 aliphatic rings. The van der Waals surface area contributed by atoms with E-state index < -0.39 is 0 Å². The van der Waals surface area contributed by atoms with E-state index in [0.29, 0.717) is 5.92 Å². The normalized spacial score (nSPS) is 19.1. The quantitative estimate of drug-likeness (QED) is 0.885. The molecular formula is C15H23BrClNO. The van der Waals surface area contributed by atoms with E-state index in [4.69, 9.17) is 4.74 Å². The van der Waals surface area contributed by atoms with Gasteiger partial charge in [-0.2, -0.15) is 0 Å². The Morgan fingerprint density at radius 3 is 2.68 bits per heavy atom. The molecule has 108 valence electrons. The van der Waals surface area contributed by atoms with Crippen molar-refractivity contribution in [3.05, 3.63) is 28.2 Å². The Morgan fingerprint density at radius 2 is 2.11 bits per heavy atom. The molecule has 19 heavy (non-hydrogen) atoms. The molecule has 1 saturated heterocycles. The van der Waals surface area contributed by atoms with E-state index in [1.165, 1.54) is 12.0 Å². The van der Waals surface area contributed by atoms with Gasteiger partial charge in [-0.3, -0.25) is 0 Å². The van der Waals surface area contributed by atoms with Crippen LogP contribution in [0.1, 0.15) is 32.8 Å². The largest absolute Gasteiger partial charge is 0.493 e. The van der Waals surface area contributed by atoms with E-state index in [1.807, 2.05) is 0 Å². The van der Waals surface area contributed by atoms with Crippen LogP contribution in [0.5, 0.6) is 5.75 Å². The van der Waals surface area contributed by atoms with Gasteiger partial charge in [-0.15, -0.1) is 12.4 Å². The van der Waals surface area contributed by atoms with Gasteiger partial charge in [0.05, 0.1) is 6.61 Å². The highest BCUT2D eigenvalue weighted by atomic mass is 79.9. The molecule has 0 radical (unpaired) electrons. The summed E-state index contributed by atoms with van der Waals surface area (Å²) in [6, 6.07) is 6.30. The number of rotatable bonds is 3. The number of benzene rings is 1. The summed E-state index contributed by atoms with van der Waals surface area (Å²) in [6.45, 7) is 9.69. The zero-order valence-electron chi connectivity index (χ0n) is 11.8. The maximum atomic E-state index is 6.04. The SMILES string of the molecule is CC(C)(C)c1cc(Br)ccc1OCC1CCNC1.Cl. The lowest BCUT2D eigenvalue weighted by atomic mass is 9.86. The average Bonchev–Trinajstić information content (AvgIpc) is 2.79. The highest BCUT2D eigenvalue weighted by Gasteiger charge is 2.21. The van der Waals surface area contributed by atoms with Crippen LogP contribution < -0.4 is 10.1 Å². The van der Waals surface area contributed by atoms with Gasteiger partial charge >= 0.3 is 0 Å². The van der Waals surface area contributed by atoms with E-state index in [2.05, 4.69) is 60.2 Å². The van der Waals surface area contributed by atoms with Gasteiger partial charge < -0.3 is 10.1 Å². The molecule has 0 saturated carbocycles. The first kappa shape index (κ1) is 16.8. The van der Waals surface area contributed by atoms with Gasteiger partial charge in [0.15, 0.2) is 0 Å². The minimum absolute atomic E-state index is 0. The summed E-state index contributed by atoms with van der Waals surface area (Å²) in [5.41, 5.74) is 1.37. The molecule has 1 unspecified atom stereocenters. The van der Waals surface area contributed by atoms with Gasteiger partial charge in [0.1, 0.15) is 5.75 Å². The summed E-state index contributed by atoms with van der Waals surface area (Å²) >= 11 is 3.54. The Kier molecular flexibility index (Phi) is 6.15. The van der Waals surface area contributed by atoms with Crippen LogP contribution in [0.2, 0.25) is 0 Å². The molecule has 2 nitrogen and oxygen atoms in total. The minimum Gasteiger partial charge on any atom is -0.493 e. The maximum absolute atomic E-state index is 6.04. The number of halogens is 2. The minimum atomic E-state index is 0. The van der Waals surface area contributed by atoms with Crippen molar-refractivity contribution in [2.75, 3.05) is 19.7 Å². The summed E-state index contributed by atoms with van der Waals surface area (Å²) in [5.74, 6) is 1.68. The van der Waals surface area contributed by atoms with Crippen LogP contribution in [-0.2, 0) is 5.41 Å². The van der Waals surface area contributed by atoms with E-state index in [-0.39, 0.29) is 17.8 Å². The van der Waals surface area contributed by atoms with Crippen LogP contribution in [0.4, 0.5) is 0 Å². The first-order chi connectivity index (χ1) is 8.47. The molecule has 1 aromatic rings. The molecular weight excluding hydrogens is 326 g/mol. The van der Waals surface area contributed by atoms with Gasteiger partial charge in [-0.1, -0.05) is 36.7 Å². The van der Waals surface area contributed by atoms with Crippen molar-refractivity contribution >= 4 is 28.3 Å². The molecule has 1 aliphatic heterocycles. The van der Waals surface area contributed by atoms with Crippen molar-refractivity contribution in [2.24, 2.45) is 5.92 Å². The topological polar surface area (TPSA) is 21.3 Å². The lowest BCUT2D eigenvalue weighted by Crippen LogP contribution is -2.18. The predicted molar refractivity (Wildman–Crippen MR) is 86.6 cm³/mol. The summed E-state index contributed by atoms with van der Waals surface area (Å²) in [6.07, 6.45) is 1.22. The molecule has 1 atom stereocenters. The van der Waals surface area contributed by atoms with Gasteiger partial charge in [0.25, 0.3) is 0 Å². The van der Waals surface area contributed by atoms with Crippen molar-refractivity contribution in [1.82, 2.24) is 5.32 Å². The fourth-order valence-corrected chi connectivity index (χ4v) is 2.64. The van der Waals surface area contributed by atoms with Crippen LogP contribution in [0.15, 0.2) is 22.7 Å². The second kappa shape index (κ2) is 6.96. The molecule has 0 aromatic heterocycles. The number of hydrogen-bond acceptors (Lipinski definition) is 2. The Hall–Kier alpha value is -0.250. The molecule has 1 aromatic carbocycles. The van der Waals surface area contributed by atoms with E-state index in [0.717, 1.165) is 29.9 Å². The average molecular weight is 349 g/mol. The Morgan fingerprint density at radius 1 is 1.37 bits per heavy atom. The lowest BCUT2D eigenvalue weighted by molar-refractivity contribution is 0.254. The Balaban J connectivity index is 0.00000180.